The lowest BCUT2D eigenvalue weighted by Crippen LogP contribution is -2.70. The average molecular weight is 574 g/mol. The van der Waals surface area contributed by atoms with Gasteiger partial charge in [-0.05, 0) is 44.0 Å². The van der Waals surface area contributed by atoms with Crippen molar-refractivity contribution in [3.63, 3.8) is 0 Å². The van der Waals surface area contributed by atoms with Crippen molar-refractivity contribution in [2.75, 3.05) is 26.8 Å². The minimum absolute atomic E-state index is 0.0498. The van der Waals surface area contributed by atoms with Gasteiger partial charge in [0.15, 0.2) is 0 Å². The Balaban J connectivity index is 1.82. The molecule has 11 heteroatoms. The number of carbonyl (C=O) groups excluding carboxylic acids is 2. The first-order valence-electron chi connectivity index (χ1n) is 13.1. The number of rotatable bonds is 11. The zero-order valence-corrected chi connectivity index (χ0v) is 23.7. The largest absolute Gasteiger partial charge is 0.481 e. The molecule has 0 aromatic heterocycles. The number of benzene rings is 2. The predicted octanol–water partition coefficient (Wildman–Crippen LogP) is 3.16. The third-order valence-electron chi connectivity index (χ3n) is 8.21. The SMILES string of the molecule is CCC1(C(=O)O)C(COCCNC(=O)c2ccccc2C(=O)NC)NC(C)C(C)(C(=O)O)C1c1ccccc1Cl. The first kappa shape index (κ1) is 31.1. The van der Waals surface area contributed by atoms with Crippen LogP contribution in [0.15, 0.2) is 48.5 Å². The van der Waals surface area contributed by atoms with Crippen LogP contribution in [0.4, 0.5) is 0 Å². The van der Waals surface area contributed by atoms with Crippen molar-refractivity contribution < 1.29 is 34.1 Å². The zero-order valence-electron chi connectivity index (χ0n) is 23.0. The molecule has 40 heavy (non-hydrogen) atoms. The summed E-state index contributed by atoms with van der Waals surface area (Å²) in [4.78, 5) is 50.5. The van der Waals surface area contributed by atoms with E-state index in [1.54, 1.807) is 69.3 Å². The first-order valence-corrected chi connectivity index (χ1v) is 13.5. The molecule has 0 aliphatic carbocycles. The van der Waals surface area contributed by atoms with Gasteiger partial charge in [0.25, 0.3) is 11.8 Å². The Labute approximate surface area is 238 Å². The molecule has 2 aromatic rings. The third-order valence-corrected chi connectivity index (χ3v) is 8.55. The molecular weight excluding hydrogens is 538 g/mol. The molecule has 1 aliphatic heterocycles. The maximum Gasteiger partial charge on any atom is 0.311 e. The second kappa shape index (κ2) is 12.8. The maximum absolute atomic E-state index is 13.1. The average Bonchev–Trinajstić information content (AvgIpc) is 2.94. The van der Waals surface area contributed by atoms with E-state index in [4.69, 9.17) is 16.3 Å². The first-order chi connectivity index (χ1) is 19.0. The Hall–Kier alpha value is -3.47. The molecule has 0 radical (unpaired) electrons. The number of nitrogens with one attached hydrogen (secondary N) is 3. The van der Waals surface area contributed by atoms with Crippen molar-refractivity contribution in [3.05, 3.63) is 70.2 Å². The summed E-state index contributed by atoms with van der Waals surface area (Å²) in [5.41, 5.74) is -2.15. The molecule has 0 saturated carbocycles. The number of hydrogen-bond donors (Lipinski definition) is 5. The Kier molecular flexibility index (Phi) is 9.94. The van der Waals surface area contributed by atoms with Gasteiger partial charge in [-0.2, -0.15) is 0 Å². The lowest BCUT2D eigenvalue weighted by molar-refractivity contribution is -0.174. The molecule has 3 rings (SSSR count). The Morgan fingerprint density at radius 3 is 2.15 bits per heavy atom. The summed E-state index contributed by atoms with van der Waals surface area (Å²) in [5.74, 6) is -4.09. The van der Waals surface area contributed by atoms with Crippen molar-refractivity contribution in [2.24, 2.45) is 10.8 Å². The molecule has 2 amide bonds. The molecule has 0 bridgehead atoms. The summed E-state index contributed by atoms with van der Waals surface area (Å²) >= 11 is 6.54. The highest BCUT2D eigenvalue weighted by molar-refractivity contribution is 6.31. The van der Waals surface area contributed by atoms with Gasteiger partial charge >= 0.3 is 11.9 Å². The number of carboxylic acids is 2. The highest BCUT2D eigenvalue weighted by Crippen LogP contribution is 2.58. The van der Waals surface area contributed by atoms with E-state index in [0.717, 1.165) is 0 Å². The maximum atomic E-state index is 13.1. The van der Waals surface area contributed by atoms with Gasteiger partial charge in [-0.25, -0.2) is 0 Å². The van der Waals surface area contributed by atoms with Gasteiger partial charge in [-0.1, -0.05) is 48.9 Å². The minimum Gasteiger partial charge on any atom is -0.481 e. The van der Waals surface area contributed by atoms with E-state index in [1.807, 2.05) is 0 Å². The van der Waals surface area contributed by atoms with Gasteiger partial charge < -0.3 is 30.9 Å². The van der Waals surface area contributed by atoms with Crippen LogP contribution in [0, 0.1) is 10.8 Å². The number of hydrogen-bond acceptors (Lipinski definition) is 6. The number of aliphatic carboxylic acids is 2. The molecule has 5 unspecified atom stereocenters. The van der Waals surface area contributed by atoms with E-state index in [-0.39, 0.29) is 43.2 Å². The molecule has 1 aliphatic rings. The molecule has 1 fully saturated rings. The molecule has 1 saturated heterocycles. The Morgan fingerprint density at radius 1 is 1.00 bits per heavy atom. The van der Waals surface area contributed by atoms with Crippen LogP contribution < -0.4 is 16.0 Å². The van der Waals surface area contributed by atoms with Crippen LogP contribution in [-0.4, -0.2) is 72.9 Å². The summed E-state index contributed by atoms with van der Waals surface area (Å²) < 4.78 is 5.86. The number of piperidine rings is 1. The van der Waals surface area contributed by atoms with Crippen molar-refractivity contribution in [3.8, 4) is 0 Å². The number of carboxylic acid groups (broad SMARTS) is 2. The van der Waals surface area contributed by atoms with Crippen LogP contribution in [0.25, 0.3) is 0 Å². The fourth-order valence-electron chi connectivity index (χ4n) is 5.85. The fourth-order valence-corrected chi connectivity index (χ4v) is 6.09. The number of amides is 2. The minimum atomic E-state index is -1.57. The molecule has 0 spiro atoms. The summed E-state index contributed by atoms with van der Waals surface area (Å²) in [7, 11) is 1.48. The van der Waals surface area contributed by atoms with Gasteiger partial charge in [0.1, 0.15) is 0 Å². The van der Waals surface area contributed by atoms with Crippen LogP contribution in [0.2, 0.25) is 5.02 Å². The normalized spacial score (nSPS) is 26.1. The van der Waals surface area contributed by atoms with Crippen LogP contribution in [0.3, 0.4) is 0 Å². The quantitative estimate of drug-likeness (QED) is 0.257. The molecule has 5 N–H and O–H groups in total. The van der Waals surface area contributed by atoms with Gasteiger partial charge in [-0.3, -0.25) is 19.2 Å². The van der Waals surface area contributed by atoms with Crippen LogP contribution in [0.5, 0.6) is 0 Å². The lowest BCUT2D eigenvalue weighted by Gasteiger charge is -2.56. The fraction of sp³-hybridized carbons (Fsp3) is 0.448. The Morgan fingerprint density at radius 2 is 1.60 bits per heavy atom. The lowest BCUT2D eigenvalue weighted by atomic mass is 9.51. The molecular formula is C29H36ClN3O7. The van der Waals surface area contributed by atoms with Crippen LogP contribution in [0.1, 0.15) is 59.4 Å². The molecule has 1 heterocycles. The van der Waals surface area contributed by atoms with E-state index in [1.165, 1.54) is 7.05 Å². The molecule has 2 aromatic carbocycles. The summed E-state index contributed by atoms with van der Waals surface area (Å²) in [6, 6.07) is 11.8. The Bertz CT molecular complexity index is 1270. The molecule has 216 valence electrons. The summed E-state index contributed by atoms with van der Waals surface area (Å²) in [6.45, 7) is 5.11. The van der Waals surface area contributed by atoms with Gasteiger partial charge in [0, 0.05) is 36.6 Å². The van der Waals surface area contributed by atoms with E-state index in [9.17, 15) is 29.4 Å². The van der Waals surface area contributed by atoms with Gasteiger partial charge in [0.05, 0.1) is 35.2 Å². The number of halogens is 1. The van der Waals surface area contributed by atoms with Gasteiger partial charge in [-0.15, -0.1) is 0 Å². The second-order valence-electron chi connectivity index (χ2n) is 10.1. The van der Waals surface area contributed by atoms with E-state index in [2.05, 4.69) is 16.0 Å². The highest BCUT2D eigenvalue weighted by Gasteiger charge is 2.65. The van der Waals surface area contributed by atoms with Crippen molar-refractivity contribution in [1.82, 2.24) is 16.0 Å². The standard InChI is InChI=1S/C29H36ClN3O7/c1-5-29(27(38)39)22(16-40-15-14-32-25(35)19-11-7-6-10-18(19)24(34)31-4)33-17(2)28(3,26(36)37)23(29)20-12-8-9-13-21(20)30/h6-13,17,22-23,33H,5,14-16H2,1-4H3,(H,31,34)(H,32,35)(H,36,37)(H,38,39). The molecule has 10 nitrogen and oxygen atoms in total. The number of carbonyl (C=O) groups is 4. The van der Waals surface area contributed by atoms with Crippen molar-refractivity contribution >= 4 is 35.4 Å². The topological polar surface area (TPSA) is 154 Å². The monoisotopic (exact) mass is 573 g/mol. The van der Waals surface area contributed by atoms with E-state index >= 15 is 0 Å². The number of ether oxygens (including phenoxy) is 1. The van der Waals surface area contributed by atoms with Crippen molar-refractivity contribution in [1.29, 1.82) is 0 Å². The van der Waals surface area contributed by atoms with Crippen LogP contribution >= 0.6 is 11.6 Å². The van der Waals surface area contributed by atoms with E-state index in [0.29, 0.717) is 10.6 Å². The zero-order chi connectivity index (χ0) is 29.7. The van der Waals surface area contributed by atoms with Crippen LogP contribution in [-0.2, 0) is 14.3 Å². The predicted molar refractivity (Wildman–Crippen MR) is 150 cm³/mol. The summed E-state index contributed by atoms with van der Waals surface area (Å²) in [5, 5.41) is 29.8. The third kappa shape index (κ3) is 5.56. The second-order valence-corrected chi connectivity index (χ2v) is 10.5. The smallest absolute Gasteiger partial charge is 0.311 e. The van der Waals surface area contributed by atoms with Crippen molar-refractivity contribution in [2.45, 2.75) is 45.2 Å². The summed E-state index contributed by atoms with van der Waals surface area (Å²) in [6.07, 6.45) is 0.113. The van der Waals surface area contributed by atoms with E-state index < -0.39 is 46.7 Å². The molecule has 5 atom stereocenters. The van der Waals surface area contributed by atoms with Gasteiger partial charge in [0.2, 0.25) is 0 Å². The highest BCUT2D eigenvalue weighted by atomic mass is 35.5.